The highest BCUT2D eigenvalue weighted by molar-refractivity contribution is 6.20. The number of nitrogen functional groups attached to an aromatic ring is 1. The molecular weight excluding hydrogens is 926 g/mol. The van der Waals surface area contributed by atoms with Crippen LogP contribution in [0.4, 0.5) is 24.8 Å². The van der Waals surface area contributed by atoms with Gasteiger partial charge in [0.1, 0.15) is 6.04 Å². The molecule has 24 heteroatoms. The molecule has 0 saturated carbocycles. The first kappa shape index (κ1) is 53.6. The van der Waals surface area contributed by atoms with E-state index in [-0.39, 0.29) is 96.5 Å². The van der Waals surface area contributed by atoms with E-state index in [0.717, 1.165) is 23.4 Å². The molecule has 0 bridgehead atoms. The van der Waals surface area contributed by atoms with Crippen molar-refractivity contribution in [1.82, 2.24) is 40.9 Å². The molecular formula is C46H55F3N10O11. The fraction of sp³-hybridized carbons (Fsp3) is 0.457. The molecule has 6 amide bonds. The Morgan fingerprint density at radius 2 is 1.53 bits per heavy atom. The molecule has 0 radical (unpaired) electrons. The monoisotopic (exact) mass is 980 g/mol. The fourth-order valence-corrected chi connectivity index (χ4v) is 7.12. The molecule has 1 aliphatic rings. The number of benzene rings is 2. The van der Waals surface area contributed by atoms with E-state index in [9.17, 15) is 56.6 Å². The Hall–Kier alpha value is -7.34. The number of hydrogen-bond donors (Lipinski definition) is 6. The number of H-pyrrole nitrogens is 1. The number of fused-ring (bicyclic) bond motifs is 2. The number of rotatable bonds is 25. The van der Waals surface area contributed by atoms with Gasteiger partial charge in [0.25, 0.3) is 23.3 Å². The maximum absolute atomic E-state index is 13.6. The van der Waals surface area contributed by atoms with E-state index in [2.05, 4.69) is 35.9 Å². The lowest BCUT2D eigenvalue weighted by Gasteiger charge is -2.32. The molecule has 2 aromatic carbocycles. The molecule has 3 heterocycles. The third-order valence-corrected chi connectivity index (χ3v) is 11.4. The van der Waals surface area contributed by atoms with Crippen LogP contribution in [-0.4, -0.2) is 115 Å². The Morgan fingerprint density at radius 3 is 2.16 bits per heavy atom. The van der Waals surface area contributed by atoms with Gasteiger partial charge in [-0.25, -0.2) is 14.8 Å². The van der Waals surface area contributed by atoms with Gasteiger partial charge in [-0.05, 0) is 95.7 Å². The number of nitrogens with zero attached hydrogens (tertiary/aromatic N) is 5. The third kappa shape index (κ3) is 14.6. The number of carbonyl (C=O) groups is 7. The lowest BCUT2D eigenvalue weighted by Crippen LogP contribution is -2.41. The summed E-state index contributed by atoms with van der Waals surface area (Å²) in [5.74, 6) is -6.22. The van der Waals surface area contributed by atoms with E-state index < -0.39 is 71.0 Å². The van der Waals surface area contributed by atoms with Crippen molar-refractivity contribution in [2.75, 3.05) is 30.3 Å². The Labute approximate surface area is 399 Å². The molecule has 5 rings (SSSR count). The van der Waals surface area contributed by atoms with Crippen molar-refractivity contribution in [2.24, 2.45) is 0 Å². The van der Waals surface area contributed by atoms with Crippen LogP contribution in [0.1, 0.15) is 122 Å². The first-order chi connectivity index (χ1) is 33.0. The molecule has 1 aliphatic heterocycles. The van der Waals surface area contributed by atoms with Crippen molar-refractivity contribution in [1.29, 1.82) is 0 Å². The number of nitrogens with two attached hydrogens (primary N) is 1. The molecule has 70 heavy (non-hydrogen) atoms. The van der Waals surface area contributed by atoms with Gasteiger partial charge in [-0.2, -0.15) is 18.2 Å². The second-order valence-corrected chi connectivity index (χ2v) is 17.3. The zero-order chi connectivity index (χ0) is 51.4. The molecule has 1 unspecified atom stereocenters. The highest BCUT2D eigenvalue weighted by Crippen LogP contribution is 2.30. The molecule has 376 valence electrons. The van der Waals surface area contributed by atoms with Gasteiger partial charge in [-0.3, -0.25) is 48.3 Å². The molecule has 21 nitrogen and oxygen atoms in total. The topological polar surface area (TPSA) is 298 Å². The summed E-state index contributed by atoms with van der Waals surface area (Å²) < 4.78 is 47.0. The van der Waals surface area contributed by atoms with Crippen molar-refractivity contribution < 1.29 is 61.4 Å². The second-order valence-electron chi connectivity index (χ2n) is 17.3. The van der Waals surface area contributed by atoms with Crippen LogP contribution in [-0.2, 0) is 35.3 Å². The van der Waals surface area contributed by atoms with Crippen LogP contribution >= 0.6 is 0 Å². The van der Waals surface area contributed by atoms with E-state index >= 15 is 0 Å². The number of alkyl halides is 3. The van der Waals surface area contributed by atoms with Gasteiger partial charge in [0.05, 0.1) is 47.4 Å². The zero-order valence-corrected chi connectivity index (χ0v) is 38.9. The van der Waals surface area contributed by atoms with E-state index in [1.165, 1.54) is 12.1 Å². The first-order valence-corrected chi connectivity index (χ1v) is 22.4. The number of carboxylic acid groups (broad SMARTS) is 1. The number of carboxylic acids is 1. The summed E-state index contributed by atoms with van der Waals surface area (Å²) in [7, 11) is 0. The summed E-state index contributed by atoms with van der Waals surface area (Å²) in [6.45, 7) is 7.07. The van der Waals surface area contributed by atoms with E-state index in [4.69, 9.17) is 15.3 Å². The van der Waals surface area contributed by atoms with E-state index in [1.54, 1.807) is 38.1 Å². The standard InChI is InChI=1S/C46H55F3N10O11/c1-5-45(4,69-24-21-44(2,3)70-59-39(64)30-11-6-7-12-31(30)40(59)65)20-19-33(60)51-22-9-8-13-32(41(66)67)55-34(61)14-10-23-52-37(62)27-15-17-29(18-16-27)58(42(68)46(47,48)49)26-28-25-53-36-35(54-28)38(63)57-43(50)56-36/h6-7,11-12,15-18,25,32H,5,8-10,13-14,19-24,26H2,1-4H3,(H,51,60)(H,52,62)(H,55,61)(H,66,67)(H3,50,53,56,57,63)/t32-,45?/m0/s1. The lowest BCUT2D eigenvalue weighted by molar-refractivity contribution is -0.184. The van der Waals surface area contributed by atoms with Crippen LogP contribution in [0, 0.1) is 0 Å². The maximum Gasteiger partial charge on any atom is 0.471 e. The van der Waals surface area contributed by atoms with Gasteiger partial charge in [-0.1, -0.05) is 19.1 Å². The highest BCUT2D eigenvalue weighted by atomic mass is 19.4. The molecule has 2 atom stereocenters. The summed E-state index contributed by atoms with van der Waals surface area (Å²) >= 11 is 0. The average molecular weight is 981 g/mol. The quantitative estimate of drug-likeness (QED) is 0.0402. The number of imide groups is 1. The van der Waals surface area contributed by atoms with Gasteiger partial charge in [0.15, 0.2) is 11.2 Å². The van der Waals surface area contributed by atoms with Crippen LogP contribution in [0.5, 0.6) is 0 Å². The number of unbranched alkanes of at least 4 members (excludes halogenated alkanes) is 1. The number of ether oxygens (including phenoxy) is 1. The van der Waals surface area contributed by atoms with Crippen LogP contribution < -0.4 is 32.1 Å². The summed E-state index contributed by atoms with van der Waals surface area (Å²) in [5, 5.41) is 18.3. The number of hydroxylamine groups is 2. The largest absolute Gasteiger partial charge is 0.480 e. The highest BCUT2D eigenvalue weighted by Gasteiger charge is 2.44. The first-order valence-electron chi connectivity index (χ1n) is 22.4. The summed E-state index contributed by atoms with van der Waals surface area (Å²) in [6, 6.07) is 9.89. The minimum absolute atomic E-state index is 0.0116. The number of hydrogen-bond acceptors (Lipinski definition) is 14. The number of nitrogens with one attached hydrogen (secondary N) is 4. The van der Waals surface area contributed by atoms with Gasteiger partial charge in [0, 0.05) is 43.6 Å². The summed E-state index contributed by atoms with van der Waals surface area (Å²) in [6.07, 6.45) is -1.85. The third-order valence-electron chi connectivity index (χ3n) is 11.4. The molecule has 0 saturated heterocycles. The second kappa shape index (κ2) is 23.3. The summed E-state index contributed by atoms with van der Waals surface area (Å²) in [5.41, 5.74) is 2.82. The molecule has 7 N–H and O–H groups in total. The number of aliphatic carboxylic acids is 1. The minimum Gasteiger partial charge on any atom is -0.480 e. The Morgan fingerprint density at radius 1 is 0.871 bits per heavy atom. The number of amides is 6. The molecule has 4 aromatic rings. The maximum atomic E-state index is 13.6. The number of anilines is 2. The number of carbonyl (C=O) groups excluding carboxylic acids is 6. The summed E-state index contributed by atoms with van der Waals surface area (Å²) in [4.78, 5) is 120. The number of halogens is 3. The van der Waals surface area contributed by atoms with Gasteiger partial charge >= 0.3 is 18.1 Å². The van der Waals surface area contributed by atoms with Gasteiger partial charge in [-0.15, -0.1) is 5.06 Å². The van der Waals surface area contributed by atoms with Crippen molar-refractivity contribution in [3.8, 4) is 0 Å². The minimum atomic E-state index is -5.29. The fourth-order valence-electron chi connectivity index (χ4n) is 7.12. The van der Waals surface area contributed by atoms with Crippen molar-refractivity contribution >= 4 is 64.2 Å². The average Bonchev–Trinajstić information content (AvgIpc) is 3.54. The Kier molecular flexibility index (Phi) is 17.9. The molecule has 0 spiro atoms. The lowest BCUT2D eigenvalue weighted by atomic mass is 9.96. The van der Waals surface area contributed by atoms with Crippen molar-refractivity contribution in [2.45, 2.75) is 115 Å². The number of aromatic nitrogens is 4. The van der Waals surface area contributed by atoms with Crippen LogP contribution in [0.2, 0.25) is 0 Å². The van der Waals surface area contributed by atoms with Gasteiger partial charge < -0.3 is 31.5 Å². The Balaban J connectivity index is 0.974. The predicted molar refractivity (Wildman–Crippen MR) is 245 cm³/mol. The number of aromatic amines is 1. The SMILES string of the molecule is CCC(C)(CCC(=O)NCCCC[C@H](NC(=O)CCCNC(=O)c1ccc(N(Cc2cnc3nc(N)[nH]c(=O)c3n2)C(=O)C(F)(F)F)cc1)C(=O)O)OCCC(C)(C)ON1C(=O)c2ccccc2C1=O. The van der Waals surface area contributed by atoms with Crippen LogP contribution in [0.3, 0.4) is 0 Å². The van der Waals surface area contributed by atoms with Crippen molar-refractivity contribution in [3.63, 3.8) is 0 Å². The van der Waals surface area contributed by atoms with Gasteiger partial charge in [0.2, 0.25) is 17.8 Å². The normalized spacial score (nSPS) is 13.9. The van der Waals surface area contributed by atoms with Crippen molar-refractivity contribution in [3.05, 3.63) is 87.5 Å². The zero-order valence-electron chi connectivity index (χ0n) is 38.9. The van der Waals surface area contributed by atoms with E-state index in [1.807, 2.05) is 13.8 Å². The van der Waals surface area contributed by atoms with E-state index in [0.29, 0.717) is 37.0 Å². The molecule has 0 aliphatic carbocycles. The molecule has 0 fully saturated rings. The smallest absolute Gasteiger partial charge is 0.471 e. The van der Waals surface area contributed by atoms with Crippen LogP contribution in [0.25, 0.3) is 11.2 Å². The van der Waals surface area contributed by atoms with Crippen LogP contribution in [0.15, 0.2) is 59.5 Å². The Bertz CT molecular complexity index is 2610. The molecule has 2 aromatic heterocycles. The predicted octanol–water partition coefficient (Wildman–Crippen LogP) is 4.12.